The molecule has 1 aromatic carbocycles. The van der Waals surface area contributed by atoms with Crippen LogP contribution in [0.1, 0.15) is 37.4 Å². The van der Waals surface area contributed by atoms with Crippen LogP contribution in [0.4, 0.5) is 5.13 Å². The highest BCUT2D eigenvalue weighted by molar-refractivity contribution is 7.92. The number of nitrogens with one attached hydrogen (secondary N) is 1. The summed E-state index contributed by atoms with van der Waals surface area (Å²) in [5.41, 5.74) is 1.35. The van der Waals surface area contributed by atoms with E-state index in [0.29, 0.717) is 28.4 Å². The van der Waals surface area contributed by atoms with E-state index in [1.165, 1.54) is 11.3 Å². The molecule has 2 aliphatic rings. The van der Waals surface area contributed by atoms with Gasteiger partial charge in [0.25, 0.3) is 5.91 Å². The Morgan fingerprint density at radius 3 is 2.55 bits per heavy atom. The zero-order valence-electron chi connectivity index (χ0n) is 18.3. The monoisotopic (exact) mass is 486 g/mol. The highest BCUT2D eigenvalue weighted by Gasteiger charge is 2.37. The van der Waals surface area contributed by atoms with E-state index in [2.05, 4.69) is 27.2 Å². The van der Waals surface area contributed by atoms with Crippen molar-refractivity contribution < 1.29 is 17.9 Å². The van der Waals surface area contributed by atoms with Gasteiger partial charge in [0.1, 0.15) is 10.3 Å². The summed E-state index contributed by atoms with van der Waals surface area (Å²) in [6, 6.07) is 10.2. The Hall–Kier alpha value is -2.40. The van der Waals surface area contributed by atoms with Gasteiger partial charge in [-0.25, -0.2) is 18.4 Å². The minimum atomic E-state index is -3.29. The molecule has 1 unspecified atom stereocenters. The number of likely N-dealkylation sites (tertiary alicyclic amines) is 1. The molecule has 3 heterocycles. The van der Waals surface area contributed by atoms with Gasteiger partial charge in [0.15, 0.2) is 21.1 Å². The zero-order chi connectivity index (χ0) is 23.0. The van der Waals surface area contributed by atoms with Crippen LogP contribution in [-0.2, 0) is 19.4 Å². The normalized spacial score (nSPS) is 18.9. The standard InChI is InChI=1S/C23H26N4O4S2/c1-27-13-10-16(11-14-27)31-20(15-4-6-17(7-5-15)33(29,30)18-8-9-18)21(28)26-23-25-19-3-2-12-24-22(19)32-23/h2-7,12,16,18,20H,8-11,13-14H2,1H3,(H,25,26,28). The number of carbonyl (C=O) groups excluding carboxylic acids is 1. The molecule has 1 atom stereocenters. The number of amides is 1. The lowest BCUT2D eigenvalue weighted by atomic mass is 10.1. The molecule has 1 amide bonds. The number of hydrogen-bond donors (Lipinski definition) is 1. The molecular weight excluding hydrogens is 460 g/mol. The lowest BCUT2D eigenvalue weighted by molar-refractivity contribution is -0.133. The third kappa shape index (κ3) is 4.93. The number of hydrogen-bond acceptors (Lipinski definition) is 8. The van der Waals surface area contributed by atoms with E-state index < -0.39 is 15.9 Å². The summed E-state index contributed by atoms with van der Waals surface area (Å²) in [6.07, 6.45) is 3.87. The summed E-state index contributed by atoms with van der Waals surface area (Å²) < 4.78 is 31.4. The second-order valence-electron chi connectivity index (χ2n) is 8.67. The third-order valence-corrected chi connectivity index (χ3v) is 9.28. The van der Waals surface area contributed by atoms with Gasteiger partial charge in [0, 0.05) is 19.3 Å². The molecular formula is C23H26N4O4S2. The van der Waals surface area contributed by atoms with Crippen LogP contribution in [-0.4, -0.2) is 60.7 Å². The molecule has 2 fully saturated rings. The van der Waals surface area contributed by atoms with Crippen molar-refractivity contribution in [2.45, 2.75) is 48.0 Å². The first kappa shape index (κ1) is 22.4. The number of fused-ring (bicyclic) bond motifs is 1. The summed E-state index contributed by atoms with van der Waals surface area (Å²) in [5.74, 6) is -0.328. The lowest BCUT2D eigenvalue weighted by Gasteiger charge is -2.31. The number of piperidine rings is 1. The lowest BCUT2D eigenvalue weighted by Crippen LogP contribution is -2.36. The van der Waals surface area contributed by atoms with Gasteiger partial charge in [-0.2, -0.15) is 0 Å². The van der Waals surface area contributed by atoms with Crippen molar-refractivity contribution in [1.82, 2.24) is 14.9 Å². The van der Waals surface area contributed by atoms with Gasteiger partial charge >= 0.3 is 0 Å². The first-order valence-electron chi connectivity index (χ1n) is 11.1. The summed E-state index contributed by atoms with van der Waals surface area (Å²) in [7, 11) is -1.22. The number of nitrogens with zero attached hydrogens (tertiary/aromatic N) is 3. The van der Waals surface area contributed by atoms with Gasteiger partial charge in [-0.15, -0.1) is 0 Å². The van der Waals surface area contributed by atoms with Gasteiger partial charge in [-0.1, -0.05) is 23.5 Å². The fraction of sp³-hybridized carbons (Fsp3) is 0.435. The van der Waals surface area contributed by atoms with Crippen LogP contribution in [0.5, 0.6) is 0 Å². The Bertz CT molecular complexity index is 1210. The van der Waals surface area contributed by atoms with Crippen LogP contribution in [0.3, 0.4) is 0 Å². The number of pyridine rings is 1. The third-order valence-electron chi connectivity index (χ3n) is 6.10. The fourth-order valence-corrected chi connectivity index (χ4v) is 6.47. The number of aromatic nitrogens is 2. The number of thiazole rings is 1. The van der Waals surface area contributed by atoms with E-state index in [1.807, 2.05) is 6.07 Å². The van der Waals surface area contributed by atoms with E-state index in [1.54, 1.807) is 36.5 Å². The molecule has 1 aliphatic heterocycles. The summed E-state index contributed by atoms with van der Waals surface area (Å²) >= 11 is 1.30. The van der Waals surface area contributed by atoms with Crippen molar-refractivity contribution in [3.63, 3.8) is 0 Å². The van der Waals surface area contributed by atoms with Crippen LogP contribution in [0.25, 0.3) is 10.3 Å². The predicted molar refractivity (Wildman–Crippen MR) is 127 cm³/mol. The maximum absolute atomic E-state index is 13.3. The largest absolute Gasteiger partial charge is 0.360 e. The average Bonchev–Trinajstić information content (AvgIpc) is 3.60. The molecule has 0 radical (unpaired) electrons. The molecule has 0 spiro atoms. The predicted octanol–water partition coefficient (Wildman–Crippen LogP) is 3.42. The first-order valence-corrected chi connectivity index (χ1v) is 13.5. The number of ether oxygens (including phenoxy) is 1. The van der Waals surface area contributed by atoms with E-state index in [4.69, 9.17) is 4.74 Å². The first-order chi connectivity index (χ1) is 15.9. The molecule has 174 valence electrons. The molecule has 1 saturated heterocycles. The topological polar surface area (TPSA) is 101 Å². The summed E-state index contributed by atoms with van der Waals surface area (Å²) in [4.78, 5) is 25.3. The van der Waals surface area contributed by atoms with Crippen LogP contribution in [0.2, 0.25) is 0 Å². The smallest absolute Gasteiger partial charge is 0.259 e. The number of rotatable bonds is 7. The highest BCUT2D eigenvalue weighted by atomic mass is 32.2. The summed E-state index contributed by atoms with van der Waals surface area (Å²) in [6.45, 7) is 1.81. The Labute approximate surface area is 196 Å². The van der Waals surface area contributed by atoms with Crippen molar-refractivity contribution in [2.24, 2.45) is 0 Å². The van der Waals surface area contributed by atoms with Crippen molar-refractivity contribution in [1.29, 1.82) is 0 Å². The Kier molecular flexibility index (Phi) is 6.17. The highest BCUT2D eigenvalue weighted by Crippen LogP contribution is 2.34. The van der Waals surface area contributed by atoms with Gasteiger partial charge in [0.2, 0.25) is 0 Å². The molecule has 0 bridgehead atoms. The van der Waals surface area contributed by atoms with E-state index >= 15 is 0 Å². The van der Waals surface area contributed by atoms with Crippen molar-refractivity contribution >= 4 is 42.6 Å². The molecule has 2 aromatic heterocycles. The van der Waals surface area contributed by atoms with E-state index in [9.17, 15) is 13.2 Å². The number of sulfone groups is 1. The maximum atomic E-state index is 13.3. The van der Waals surface area contributed by atoms with E-state index in [0.717, 1.165) is 36.3 Å². The van der Waals surface area contributed by atoms with Gasteiger partial charge in [0.05, 0.1) is 16.2 Å². The Balaban J connectivity index is 1.39. The molecule has 10 heteroatoms. The van der Waals surface area contributed by atoms with Gasteiger partial charge < -0.3 is 9.64 Å². The average molecular weight is 487 g/mol. The Morgan fingerprint density at radius 1 is 1.15 bits per heavy atom. The van der Waals surface area contributed by atoms with Gasteiger partial charge in [-0.3, -0.25) is 10.1 Å². The molecule has 3 aromatic rings. The van der Waals surface area contributed by atoms with Crippen LogP contribution < -0.4 is 5.32 Å². The number of benzene rings is 1. The molecule has 8 nitrogen and oxygen atoms in total. The van der Waals surface area contributed by atoms with Crippen molar-refractivity contribution in [3.8, 4) is 0 Å². The van der Waals surface area contributed by atoms with Gasteiger partial charge in [-0.05, 0) is 62.6 Å². The number of anilines is 1. The molecule has 1 aliphatic carbocycles. The molecule has 1 N–H and O–H groups in total. The quantitative estimate of drug-likeness (QED) is 0.546. The SMILES string of the molecule is CN1CCC(OC(C(=O)Nc2nc3cccnc3s2)c2ccc(S(=O)(=O)C3CC3)cc2)CC1. The molecule has 33 heavy (non-hydrogen) atoms. The summed E-state index contributed by atoms with van der Waals surface area (Å²) in [5, 5.41) is 3.06. The Morgan fingerprint density at radius 2 is 1.88 bits per heavy atom. The van der Waals surface area contributed by atoms with E-state index in [-0.39, 0.29) is 17.3 Å². The molecule has 1 saturated carbocycles. The zero-order valence-corrected chi connectivity index (χ0v) is 19.9. The second kappa shape index (κ2) is 9.09. The van der Waals surface area contributed by atoms with Crippen LogP contribution >= 0.6 is 11.3 Å². The minimum Gasteiger partial charge on any atom is -0.360 e. The van der Waals surface area contributed by atoms with Crippen molar-refractivity contribution in [2.75, 3.05) is 25.5 Å². The number of carbonyl (C=O) groups is 1. The minimum absolute atomic E-state index is 0.0520. The van der Waals surface area contributed by atoms with Crippen molar-refractivity contribution in [3.05, 3.63) is 48.2 Å². The fourth-order valence-electron chi connectivity index (χ4n) is 4.00. The second-order valence-corrected chi connectivity index (χ2v) is 11.9. The van der Waals surface area contributed by atoms with Crippen LogP contribution in [0, 0.1) is 0 Å². The maximum Gasteiger partial charge on any atom is 0.259 e. The van der Waals surface area contributed by atoms with Crippen LogP contribution in [0.15, 0.2) is 47.5 Å². The molecule has 5 rings (SSSR count).